The standard InChI is InChI=1S/C12H13F2N3O2S/c13-9-6(12(16)20)1-2-7(10(9)14)17-3-4-19-5-8(17)11(15)18/h1-2,8H,3-5H2,(H2,15,18)(H2,16,20). The fourth-order valence-electron chi connectivity index (χ4n) is 2.08. The zero-order chi connectivity index (χ0) is 14.9. The molecule has 0 spiro atoms. The summed E-state index contributed by atoms with van der Waals surface area (Å²) in [6.07, 6.45) is 0. The van der Waals surface area contributed by atoms with E-state index in [1.165, 1.54) is 17.0 Å². The molecule has 0 aliphatic carbocycles. The van der Waals surface area contributed by atoms with Crippen LogP contribution in [0.2, 0.25) is 0 Å². The number of primary amides is 1. The highest BCUT2D eigenvalue weighted by atomic mass is 32.1. The van der Waals surface area contributed by atoms with Crippen molar-refractivity contribution < 1.29 is 18.3 Å². The summed E-state index contributed by atoms with van der Waals surface area (Å²) < 4.78 is 33.1. The summed E-state index contributed by atoms with van der Waals surface area (Å²) in [6, 6.07) is 1.77. The molecule has 108 valence electrons. The van der Waals surface area contributed by atoms with Crippen molar-refractivity contribution in [3.63, 3.8) is 0 Å². The topological polar surface area (TPSA) is 81.6 Å². The van der Waals surface area contributed by atoms with Crippen molar-refractivity contribution in [2.45, 2.75) is 6.04 Å². The van der Waals surface area contributed by atoms with Crippen LogP contribution >= 0.6 is 12.2 Å². The number of hydrogen-bond acceptors (Lipinski definition) is 4. The molecule has 1 aliphatic rings. The second kappa shape index (κ2) is 5.68. The molecule has 1 saturated heterocycles. The molecular weight excluding hydrogens is 288 g/mol. The Hall–Kier alpha value is -1.80. The Kier molecular flexibility index (Phi) is 4.15. The molecule has 0 aromatic heterocycles. The molecular formula is C12H13F2N3O2S. The highest BCUT2D eigenvalue weighted by Gasteiger charge is 2.31. The van der Waals surface area contributed by atoms with Crippen LogP contribution in [-0.2, 0) is 9.53 Å². The van der Waals surface area contributed by atoms with Gasteiger partial charge in [-0.2, -0.15) is 0 Å². The lowest BCUT2D eigenvalue weighted by molar-refractivity contribution is -0.121. The first-order valence-corrected chi connectivity index (χ1v) is 6.25. The molecule has 5 nitrogen and oxygen atoms in total. The van der Waals surface area contributed by atoms with Gasteiger partial charge in [-0.05, 0) is 12.1 Å². The van der Waals surface area contributed by atoms with Gasteiger partial charge < -0.3 is 21.1 Å². The number of nitrogens with zero attached hydrogens (tertiary/aromatic N) is 1. The molecule has 4 N–H and O–H groups in total. The van der Waals surface area contributed by atoms with Gasteiger partial charge in [0, 0.05) is 12.1 Å². The van der Waals surface area contributed by atoms with Crippen molar-refractivity contribution in [2.24, 2.45) is 11.5 Å². The molecule has 1 aliphatic heterocycles. The number of amides is 1. The molecule has 8 heteroatoms. The summed E-state index contributed by atoms with van der Waals surface area (Å²) in [6.45, 7) is 0.561. The molecule has 20 heavy (non-hydrogen) atoms. The van der Waals surface area contributed by atoms with Gasteiger partial charge in [-0.25, -0.2) is 8.78 Å². The quantitative estimate of drug-likeness (QED) is 0.784. The van der Waals surface area contributed by atoms with Crippen molar-refractivity contribution in [2.75, 3.05) is 24.7 Å². The number of hydrogen-bond donors (Lipinski definition) is 2. The van der Waals surface area contributed by atoms with Crippen LogP contribution in [-0.4, -0.2) is 36.7 Å². The Bertz CT molecular complexity index is 568. The third-order valence-electron chi connectivity index (χ3n) is 3.09. The Labute approximate surface area is 119 Å². The lowest BCUT2D eigenvalue weighted by Crippen LogP contribution is -2.53. The van der Waals surface area contributed by atoms with E-state index in [9.17, 15) is 13.6 Å². The molecule has 0 bridgehead atoms. The predicted molar refractivity (Wildman–Crippen MR) is 73.4 cm³/mol. The zero-order valence-corrected chi connectivity index (χ0v) is 11.3. The number of ether oxygens (including phenoxy) is 1. The summed E-state index contributed by atoms with van der Waals surface area (Å²) in [5, 5.41) is 0. The molecule has 1 aromatic carbocycles. The van der Waals surface area contributed by atoms with E-state index in [1.807, 2.05) is 0 Å². The van der Waals surface area contributed by atoms with Gasteiger partial charge in [-0.3, -0.25) is 4.79 Å². The summed E-state index contributed by atoms with van der Waals surface area (Å²) >= 11 is 4.64. The maximum Gasteiger partial charge on any atom is 0.242 e. The van der Waals surface area contributed by atoms with Crippen LogP contribution in [0.25, 0.3) is 0 Å². The van der Waals surface area contributed by atoms with Crippen LogP contribution in [0.4, 0.5) is 14.5 Å². The van der Waals surface area contributed by atoms with Crippen molar-refractivity contribution in [3.8, 4) is 0 Å². The van der Waals surface area contributed by atoms with Crippen LogP contribution in [0.3, 0.4) is 0 Å². The fourth-order valence-corrected chi connectivity index (χ4v) is 2.24. The summed E-state index contributed by atoms with van der Waals surface area (Å²) in [5.41, 5.74) is 10.3. The van der Waals surface area contributed by atoms with E-state index in [4.69, 9.17) is 16.2 Å². The average Bonchev–Trinajstić information content (AvgIpc) is 2.41. The van der Waals surface area contributed by atoms with E-state index in [0.717, 1.165) is 0 Å². The maximum absolute atomic E-state index is 14.1. The van der Waals surface area contributed by atoms with Gasteiger partial charge in [0.15, 0.2) is 11.6 Å². The fraction of sp³-hybridized carbons (Fsp3) is 0.333. The Morgan fingerprint density at radius 1 is 1.35 bits per heavy atom. The minimum atomic E-state index is -1.13. The number of rotatable bonds is 3. The van der Waals surface area contributed by atoms with Crippen molar-refractivity contribution in [3.05, 3.63) is 29.3 Å². The molecule has 1 atom stereocenters. The molecule has 1 heterocycles. The number of anilines is 1. The predicted octanol–water partition coefficient (Wildman–Crippen LogP) is 0.290. The zero-order valence-electron chi connectivity index (χ0n) is 10.4. The third kappa shape index (κ3) is 2.56. The lowest BCUT2D eigenvalue weighted by Gasteiger charge is -2.35. The van der Waals surface area contributed by atoms with E-state index in [-0.39, 0.29) is 29.4 Å². The number of morpholine rings is 1. The third-order valence-corrected chi connectivity index (χ3v) is 3.31. The summed E-state index contributed by atoms with van der Waals surface area (Å²) in [5.74, 6) is -2.91. The molecule has 1 aromatic rings. The first-order chi connectivity index (χ1) is 9.43. The van der Waals surface area contributed by atoms with Gasteiger partial charge in [0.2, 0.25) is 5.91 Å². The minimum Gasteiger partial charge on any atom is -0.389 e. The van der Waals surface area contributed by atoms with E-state index in [2.05, 4.69) is 12.2 Å². The van der Waals surface area contributed by atoms with Gasteiger partial charge >= 0.3 is 0 Å². The minimum absolute atomic E-state index is 0.0352. The lowest BCUT2D eigenvalue weighted by atomic mass is 10.1. The van der Waals surface area contributed by atoms with Crippen LogP contribution in [0.15, 0.2) is 12.1 Å². The number of carbonyl (C=O) groups excluding carboxylic acids is 1. The number of halogens is 2. The Balaban J connectivity index is 2.44. The Morgan fingerprint density at radius 2 is 2.05 bits per heavy atom. The SMILES string of the molecule is NC(=O)C1COCCN1c1ccc(C(N)=S)c(F)c1F. The highest BCUT2D eigenvalue weighted by molar-refractivity contribution is 7.80. The van der Waals surface area contributed by atoms with Gasteiger partial charge in [0.1, 0.15) is 11.0 Å². The van der Waals surface area contributed by atoms with Crippen LogP contribution < -0.4 is 16.4 Å². The number of nitrogens with two attached hydrogens (primary N) is 2. The number of carbonyl (C=O) groups is 1. The van der Waals surface area contributed by atoms with Crippen LogP contribution in [0.1, 0.15) is 5.56 Å². The first kappa shape index (κ1) is 14.6. The summed E-state index contributed by atoms with van der Waals surface area (Å²) in [7, 11) is 0. The maximum atomic E-state index is 14.1. The molecule has 1 unspecified atom stereocenters. The first-order valence-electron chi connectivity index (χ1n) is 5.85. The monoisotopic (exact) mass is 301 g/mol. The largest absolute Gasteiger partial charge is 0.389 e. The second-order valence-corrected chi connectivity index (χ2v) is 4.75. The van der Waals surface area contributed by atoms with Gasteiger partial charge in [0.05, 0.1) is 18.9 Å². The van der Waals surface area contributed by atoms with E-state index >= 15 is 0 Å². The van der Waals surface area contributed by atoms with Crippen LogP contribution in [0.5, 0.6) is 0 Å². The second-order valence-electron chi connectivity index (χ2n) is 4.31. The van der Waals surface area contributed by atoms with Gasteiger partial charge in [-0.1, -0.05) is 12.2 Å². The van der Waals surface area contributed by atoms with Gasteiger partial charge in [-0.15, -0.1) is 0 Å². The molecule has 1 amide bonds. The Morgan fingerprint density at radius 3 is 2.65 bits per heavy atom. The molecule has 1 fully saturated rings. The van der Waals surface area contributed by atoms with Crippen molar-refractivity contribution in [1.82, 2.24) is 0 Å². The molecule has 2 rings (SSSR count). The highest BCUT2D eigenvalue weighted by Crippen LogP contribution is 2.27. The number of thiocarbonyl (C=S) groups is 1. The van der Waals surface area contributed by atoms with E-state index in [1.54, 1.807) is 0 Å². The normalized spacial score (nSPS) is 18.9. The van der Waals surface area contributed by atoms with E-state index in [0.29, 0.717) is 6.61 Å². The molecule has 0 saturated carbocycles. The van der Waals surface area contributed by atoms with Gasteiger partial charge in [0.25, 0.3) is 0 Å². The van der Waals surface area contributed by atoms with Crippen molar-refractivity contribution in [1.29, 1.82) is 0 Å². The van der Waals surface area contributed by atoms with Crippen LogP contribution in [0, 0.1) is 11.6 Å². The van der Waals surface area contributed by atoms with E-state index < -0.39 is 23.6 Å². The smallest absolute Gasteiger partial charge is 0.242 e. The van der Waals surface area contributed by atoms with Crippen molar-refractivity contribution >= 4 is 28.8 Å². The average molecular weight is 301 g/mol. The molecule has 0 radical (unpaired) electrons. The summed E-state index contributed by atoms with van der Waals surface area (Å²) in [4.78, 5) is 12.5. The number of benzene rings is 1.